The van der Waals surface area contributed by atoms with Gasteiger partial charge in [0.1, 0.15) is 0 Å². The fourth-order valence-corrected chi connectivity index (χ4v) is 1.39. The summed E-state index contributed by atoms with van der Waals surface area (Å²) in [7, 11) is 0. The molecule has 0 aliphatic carbocycles. The molecule has 0 saturated carbocycles. The van der Waals surface area contributed by atoms with Gasteiger partial charge in [0.25, 0.3) is 0 Å². The first-order valence-electron chi connectivity index (χ1n) is 4.04. The molecule has 0 aromatic carbocycles. The zero-order chi connectivity index (χ0) is 9.40. The molecular weight excluding hydrogens is 176 g/mol. The van der Waals surface area contributed by atoms with Gasteiger partial charge in [-0.15, -0.1) is 0 Å². The van der Waals surface area contributed by atoms with Crippen LogP contribution < -0.4 is 0 Å². The van der Waals surface area contributed by atoms with Crippen molar-refractivity contribution in [2.45, 2.75) is 32.6 Å². The van der Waals surface area contributed by atoms with Crippen LogP contribution in [0.1, 0.15) is 32.6 Å². The van der Waals surface area contributed by atoms with Crippen molar-refractivity contribution in [3.63, 3.8) is 0 Å². The lowest BCUT2D eigenvalue weighted by molar-refractivity contribution is -0.137. The molecule has 0 atom stereocenters. The van der Waals surface area contributed by atoms with Gasteiger partial charge in [-0.2, -0.15) is 0 Å². The van der Waals surface area contributed by atoms with Crippen LogP contribution in [-0.2, 0) is 9.59 Å². The zero-order valence-corrected chi connectivity index (χ0v) is 8.02. The number of carboxylic acid groups (broad SMARTS) is 1. The maximum Gasteiger partial charge on any atom is 0.303 e. The molecule has 0 saturated heterocycles. The number of carbonyl (C=O) groups excluding carboxylic acids is 1. The molecule has 0 rings (SSSR count). The number of rotatable bonds is 6. The van der Waals surface area contributed by atoms with Gasteiger partial charge in [0, 0.05) is 12.8 Å². The number of carboxylic acids is 1. The van der Waals surface area contributed by atoms with Crippen LogP contribution in [0.5, 0.6) is 0 Å². The van der Waals surface area contributed by atoms with E-state index in [2.05, 4.69) is 0 Å². The molecule has 0 radical (unpaired) electrons. The van der Waals surface area contributed by atoms with Gasteiger partial charge in [-0.1, -0.05) is 18.7 Å². The second kappa shape index (κ2) is 7.16. The van der Waals surface area contributed by atoms with Gasteiger partial charge in [-0.3, -0.25) is 9.59 Å². The first kappa shape index (κ1) is 11.5. The summed E-state index contributed by atoms with van der Waals surface area (Å²) in [6.45, 7) is 1.93. The van der Waals surface area contributed by atoms with E-state index in [-0.39, 0.29) is 11.5 Å². The van der Waals surface area contributed by atoms with Crippen molar-refractivity contribution in [1.29, 1.82) is 0 Å². The predicted molar refractivity (Wildman–Crippen MR) is 49.2 cm³/mol. The number of hydrogen-bond donors (Lipinski definition) is 1. The molecule has 0 heterocycles. The monoisotopic (exact) mass is 190 g/mol. The Morgan fingerprint density at radius 3 is 2.33 bits per heavy atom. The van der Waals surface area contributed by atoms with Crippen molar-refractivity contribution in [2.75, 3.05) is 5.75 Å². The molecule has 0 amide bonds. The van der Waals surface area contributed by atoms with Crippen LogP contribution in [0.3, 0.4) is 0 Å². The number of carbonyl (C=O) groups is 2. The first-order valence-corrected chi connectivity index (χ1v) is 5.02. The average Bonchev–Trinajstić information content (AvgIpc) is 1.98. The molecule has 4 heteroatoms. The number of hydrogen-bond acceptors (Lipinski definition) is 3. The van der Waals surface area contributed by atoms with Gasteiger partial charge >= 0.3 is 5.97 Å². The molecule has 0 unspecified atom stereocenters. The minimum absolute atomic E-state index is 0.169. The highest BCUT2D eigenvalue weighted by molar-refractivity contribution is 8.13. The van der Waals surface area contributed by atoms with Crippen LogP contribution in [0, 0.1) is 0 Å². The van der Waals surface area contributed by atoms with Crippen LogP contribution in [0.25, 0.3) is 0 Å². The standard InChI is InChI=1S/C8H14O3S/c1-2-12-8(11)6-4-3-5-7(9)10/h2-6H2,1H3,(H,9,10). The summed E-state index contributed by atoms with van der Waals surface area (Å²) in [5.74, 6) is 0.0168. The lowest BCUT2D eigenvalue weighted by Crippen LogP contribution is -1.96. The highest BCUT2D eigenvalue weighted by Crippen LogP contribution is 2.09. The molecule has 70 valence electrons. The Labute approximate surface area is 76.5 Å². The van der Waals surface area contributed by atoms with Gasteiger partial charge in [0.2, 0.25) is 0 Å². The fraction of sp³-hybridized carbons (Fsp3) is 0.750. The van der Waals surface area contributed by atoms with E-state index >= 15 is 0 Å². The summed E-state index contributed by atoms with van der Waals surface area (Å²) in [6, 6.07) is 0. The summed E-state index contributed by atoms with van der Waals surface area (Å²) in [5.41, 5.74) is 0. The molecule has 0 aliphatic rings. The summed E-state index contributed by atoms with van der Waals surface area (Å²) < 4.78 is 0. The second-order valence-corrected chi connectivity index (χ2v) is 3.73. The molecule has 0 fully saturated rings. The predicted octanol–water partition coefficient (Wildman–Crippen LogP) is 1.91. The number of thioether (sulfide) groups is 1. The molecule has 0 bridgehead atoms. The minimum atomic E-state index is -0.786. The lowest BCUT2D eigenvalue weighted by atomic mass is 10.2. The highest BCUT2D eigenvalue weighted by Gasteiger charge is 2.01. The fourth-order valence-electron chi connectivity index (χ4n) is 0.779. The van der Waals surface area contributed by atoms with E-state index < -0.39 is 5.97 Å². The van der Waals surface area contributed by atoms with E-state index in [9.17, 15) is 9.59 Å². The van der Waals surface area contributed by atoms with E-state index in [0.717, 1.165) is 5.75 Å². The molecule has 0 spiro atoms. The van der Waals surface area contributed by atoms with Crippen LogP contribution in [0.2, 0.25) is 0 Å². The van der Waals surface area contributed by atoms with Gasteiger partial charge < -0.3 is 5.11 Å². The highest BCUT2D eigenvalue weighted by atomic mass is 32.2. The second-order valence-electron chi connectivity index (χ2n) is 2.41. The third-order valence-electron chi connectivity index (χ3n) is 1.33. The number of aliphatic carboxylic acids is 1. The lowest BCUT2D eigenvalue weighted by Gasteiger charge is -1.96. The van der Waals surface area contributed by atoms with Crippen molar-refractivity contribution in [3.8, 4) is 0 Å². The Bertz CT molecular complexity index is 156. The van der Waals surface area contributed by atoms with Crippen LogP contribution in [0.15, 0.2) is 0 Å². The van der Waals surface area contributed by atoms with Crippen LogP contribution in [0.4, 0.5) is 0 Å². The molecule has 12 heavy (non-hydrogen) atoms. The van der Waals surface area contributed by atoms with Gasteiger partial charge in [-0.25, -0.2) is 0 Å². The average molecular weight is 190 g/mol. The Balaban J connectivity index is 3.19. The Kier molecular flexibility index (Phi) is 6.85. The topological polar surface area (TPSA) is 54.4 Å². The molecular formula is C8H14O3S. The summed E-state index contributed by atoms with van der Waals surface area (Å²) in [6.07, 6.45) is 1.97. The van der Waals surface area contributed by atoms with E-state index in [1.165, 1.54) is 11.8 Å². The zero-order valence-electron chi connectivity index (χ0n) is 7.21. The van der Waals surface area contributed by atoms with Crippen molar-refractivity contribution in [1.82, 2.24) is 0 Å². The SMILES string of the molecule is CCSC(=O)CCCCC(=O)O. The molecule has 0 aromatic rings. The summed E-state index contributed by atoms with van der Waals surface area (Å²) >= 11 is 1.30. The van der Waals surface area contributed by atoms with Crippen molar-refractivity contribution < 1.29 is 14.7 Å². The van der Waals surface area contributed by atoms with E-state index in [4.69, 9.17) is 5.11 Å². The van der Waals surface area contributed by atoms with Crippen molar-refractivity contribution >= 4 is 22.8 Å². The van der Waals surface area contributed by atoms with Gasteiger partial charge in [0.15, 0.2) is 5.12 Å². The third kappa shape index (κ3) is 7.60. The van der Waals surface area contributed by atoms with E-state index in [0.29, 0.717) is 19.3 Å². The summed E-state index contributed by atoms with van der Waals surface area (Å²) in [5, 5.41) is 8.46. The van der Waals surface area contributed by atoms with Crippen LogP contribution in [-0.4, -0.2) is 21.9 Å². The van der Waals surface area contributed by atoms with E-state index in [1.54, 1.807) is 0 Å². The maximum atomic E-state index is 10.9. The normalized spacial score (nSPS) is 9.75. The molecule has 3 nitrogen and oxygen atoms in total. The Morgan fingerprint density at radius 1 is 1.25 bits per heavy atom. The maximum absolute atomic E-state index is 10.9. The van der Waals surface area contributed by atoms with Gasteiger partial charge in [0.05, 0.1) is 0 Å². The Morgan fingerprint density at radius 2 is 1.83 bits per heavy atom. The number of unbranched alkanes of at least 4 members (excludes halogenated alkanes) is 1. The van der Waals surface area contributed by atoms with E-state index in [1.807, 2.05) is 6.92 Å². The van der Waals surface area contributed by atoms with Crippen molar-refractivity contribution in [3.05, 3.63) is 0 Å². The Hall–Kier alpha value is -0.510. The van der Waals surface area contributed by atoms with Crippen molar-refractivity contribution in [2.24, 2.45) is 0 Å². The molecule has 0 aromatic heterocycles. The minimum Gasteiger partial charge on any atom is -0.481 e. The first-order chi connectivity index (χ1) is 5.66. The smallest absolute Gasteiger partial charge is 0.303 e. The largest absolute Gasteiger partial charge is 0.481 e. The molecule has 0 aliphatic heterocycles. The summed E-state index contributed by atoms with van der Waals surface area (Å²) in [4.78, 5) is 21.0. The quantitative estimate of drug-likeness (QED) is 0.650. The third-order valence-corrected chi connectivity index (χ3v) is 2.14. The molecule has 1 N–H and O–H groups in total. The van der Waals surface area contributed by atoms with Gasteiger partial charge in [-0.05, 0) is 18.6 Å². The van der Waals surface area contributed by atoms with Crippen LogP contribution >= 0.6 is 11.8 Å².